The Balaban J connectivity index is 2.14. The Hall–Kier alpha value is -0.600. The Morgan fingerprint density at radius 2 is 1.89 bits per heavy atom. The maximum Gasteiger partial charge on any atom is 0.0589 e. The molecule has 0 saturated heterocycles. The van der Waals surface area contributed by atoms with E-state index in [-0.39, 0.29) is 0 Å². The van der Waals surface area contributed by atoms with Crippen molar-refractivity contribution in [1.82, 2.24) is 10.3 Å². The van der Waals surface area contributed by atoms with Gasteiger partial charge in [-0.2, -0.15) is 0 Å². The molecule has 1 saturated carbocycles. The number of aromatic nitrogens is 1. The number of nitrogens with zero attached hydrogens (tertiary/aromatic N) is 1. The highest BCUT2D eigenvalue weighted by Crippen LogP contribution is 2.39. The maximum absolute atomic E-state index is 5.91. The zero-order chi connectivity index (χ0) is 13.1. The lowest BCUT2D eigenvalue weighted by Crippen LogP contribution is -2.31. The van der Waals surface area contributed by atoms with Crippen molar-refractivity contribution in [2.45, 2.75) is 39.2 Å². The van der Waals surface area contributed by atoms with Gasteiger partial charge in [0.25, 0.3) is 0 Å². The summed E-state index contributed by atoms with van der Waals surface area (Å²) in [7, 11) is 2.03. The minimum absolute atomic E-state index is 0.354. The minimum Gasteiger partial charge on any atom is -0.311 e. The summed E-state index contributed by atoms with van der Waals surface area (Å²) in [5.74, 6) is 2.33. The van der Waals surface area contributed by atoms with E-state index in [0.717, 1.165) is 17.5 Å². The van der Waals surface area contributed by atoms with E-state index in [4.69, 9.17) is 11.6 Å². The van der Waals surface area contributed by atoms with Crippen molar-refractivity contribution >= 4 is 11.6 Å². The Labute approximate surface area is 115 Å². The zero-order valence-electron chi connectivity index (χ0n) is 11.5. The summed E-state index contributed by atoms with van der Waals surface area (Å²) in [6.45, 7) is 4.73. The van der Waals surface area contributed by atoms with Gasteiger partial charge < -0.3 is 5.32 Å². The summed E-state index contributed by atoms with van der Waals surface area (Å²) in [6.07, 6.45) is 5.69. The highest BCUT2D eigenvalue weighted by molar-refractivity contribution is 6.30. The van der Waals surface area contributed by atoms with E-state index >= 15 is 0 Å². The summed E-state index contributed by atoms with van der Waals surface area (Å²) >= 11 is 5.91. The van der Waals surface area contributed by atoms with E-state index in [1.807, 2.05) is 19.2 Å². The van der Waals surface area contributed by atoms with Crippen LogP contribution in [0.5, 0.6) is 0 Å². The van der Waals surface area contributed by atoms with Crippen molar-refractivity contribution in [3.05, 3.63) is 29.0 Å². The van der Waals surface area contributed by atoms with E-state index in [0.29, 0.717) is 17.0 Å². The van der Waals surface area contributed by atoms with Crippen LogP contribution in [0.1, 0.15) is 44.8 Å². The van der Waals surface area contributed by atoms with Crippen molar-refractivity contribution in [3.8, 4) is 0 Å². The second kappa shape index (κ2) is 6.03. The van der Waals surface area contributed by atoms with Gasteiger partial charge in [-0.15, -0.1) is 0 Å². The number of rotatable bonds is 3. The maximum atomic E-state index is 5.91. The fourth-order valence-corrected chi connectivity index (χ4v) is 3.59. The molecule has 0 radical (unpaired) electrons. The van der Waals surface area contributed by atoms with Gasteiger partial charge in [-0.3, -0.25) is 4.98 Å². The fourth-order valence-electron chi connectivity index (χ4n) is 3.48. The third kappa shape index (κ3) is 3.24. The molecule has 2 rings (SSSR count). The standard InChI is InChI=1S/C15H23ClN2/c1-10-6-11(2)8-12(7-10)15(17-3)14-5-4-13(16)9-18-14/h4-5,9-12,15,17H,6-8H2,1-3H3. The Morgan fingerprint density at radius 3 is 2.39 bits per heavy atom. The molecule has 1 N–H and O–H groups in total. The largest absolute Gasteiger partial charge is 0.311 e. The second-order valence-corrected chi connectivity index (χ2v) is 6.28. The van der Waals surface area contributed by atoms with Gasteiger partial charge in [0.05, 0.1) is 16.8 Å². The molecule has 18 heavy (non-hydrogen) atoms. The van der Waals surface area contributed by atoms with Crippen molar-refractivity contribution in [2.75, 3.05) is 7.05 Å². The number of hydrogen-bond acceptors (Lipinski definition) is 2. The summed E-state index contributed by atoms with van der Waals surface area (Å²) < 4.78 is 0. The Morgan fingerprint density at radius 1 is 1.22 bits per heavy atom. The van der Waals surface area contributed by atoms with E-state index in [2.05, 4.69) is 24.1 Å². The third-order valence-electron chi connectivity index (χ3n) is 4.07. The fraction of sp³-hybridized carbons (Fsp3) is 0.667. The molecule has 1 aromatic rings. The van der Waals surface area contributed by atoms with Crippen LogP contribution in [0.25, 0.3) is 0 Å². The quantitative estimate of drug-likeness (QED) is 0.892. The summed E-state index contributed by atoms with van der Waals surface area (Å²) in [5.41, 5.74) is 1.12. The number of halogens is 1. The van der Waals surface area contributed by atoms with Gasteiger partial charge >= 0.3 is 0 Å². The Kier molecular flexibility index (Phi) is 4.63. The summed E-state index contributed by atoms with van der Waals surface area (Å²) in [6, 6.07) is 4.34. The van der Waals surface area contributed by atoms with Crippen LogP contribution in [0.3, 0.4) is 0 Å². The van der Waals surface area contributed by atoms with Crippen molar-refractivity contribution < 1.29 is 0 Å². The van der Waals surface area contributed by atoms with Gasteiger partial charge in [0.15, 0.2) is 0 Å². The van der Waals surface area contributed by atoms with Crippen LogP contribution >= 0.6 is 11.6 Å². The van der Waals surface area contributed by atoms with Gasteiger partial charge in [-0.1, -0.05) is 25.4 Å². The van der Waals surface area contributed by atoms with Crippen LogP contribution in [0.2, 0.25) is 5.02 Å². The molecule has 1 aromatic heterocycles. The average molecular weight is 267 g/mol. The smallest absolute Gasteiger partial charge is 0.0589 e. The molecule has 3 heteroatoms. The van der Waals surface area contributed by atoms with Gasteiger partial charge in [-0.25, -0.2) is 0 Å². The molecule has 1 fully saturated rings. The van der Waals surface area contributed by atoms with Gasteiger partial charge in [0.1, 0.15) is 0 Å². The van der Waals surface area contributed by atoms with E-state index in [1.54, 1.807) is 6.20 Å². The molecule has 0 aromatic carbocycles. The summed E-state index contributed by atoms with van der Waals surface area (Å²) in [5, 5.41) is 4.15. The number of pyridine rings is 1. The molecule has 3 atom stereocenters. The average Bonchev–Trinajstić information content (AvgIpc) is 2.31. The molecule has 0 amide bonds. The SMILES string of the molecule is CNC(c1ccc(Cl)cn1)C1CC(C)CC(C)C1. The highest BCUT2D eigenvalue weighted by Gasteiger charge is 2.30. The molecular formula is C15H23ClN2. The number of hydrogen-bond donors (Lipinski definition) is 1. The normalized spacial score (nSPS) is 30.1. The van der Waals surface area contributed by atoms with Gasteiger partial charge in [0, 0.05) is 6.20 Å². The third-order valence-corrected chi connectivity index (χ3v) is 4.29. The monoisotopic (exact) mass is 266 g/mol. The predicted octanol–water partition coefficient (Wildman–Crippen LogP) is 4.07. The zero-order valence-corrected chi connectivity index (χ0v) is 12.2. The molecule has 2 nitrogen and oxygen atoms in total. The first-order valence-electron chi connectivity index (χ1n) is 6.89. The molecule has 0 spiro atoms. The van der Waals surface area contributed by atoms with Crippen LogP contribution in [-0.4, -0.2) is 12.0 Å². The Bertz CT molecular complexity index is 367. The molecule has 0 aliphatic heterocycles. The predicted molar refractivity (Wildman–Crippen MR) is 76.7 cm³/mol. The second-order valence-electron chi connectivity index (χ2n) is 5.85. The van der Waals surface area contributed by atoms with Crippen LogP contribution < -0.4 is 5.32 Å². The van der Waals surface area contributed by atoms with Crippen LogP contribution in [-0.2, 0) is 0 Å². The molecule has 100 valence electrons. The highest BCUT2D eigenvalue weighted by atomic mass is 35.5. The topological polar surface area (TPSA) is 24.9 Å². The molecule has 1 heterocycles. The summed E-state index contributed by atoms with van der Waals surface area (Å²) in [4.78, 5) is 4.48. The van der Waals surface area contributed by atoms with Gasteiger partial charge in [0.2, 0.25) is 0 Å². The first-order valence-corrected chi connectivity index (χ1v) is 7.26. The lowest BCUT2D eigenvalue weighted by Gasteiger charge is -2.36. The van der Waals surface area contributed by atoms with Crippen LogP contribution in [0, 0.1) is 17.8 Å². The van der Waals surface area contributed by atoms with E-state index in [9.17, 15) is 0 Å². The minimum atomic E-state index is 0.354. The van der Waals surface area contributed by atoms with Gasteiger partial charge in [-0.05, 0) is 56.2 Å². The molecular weight excluding hydrogens is 244 g/mol. The van der Waals surface area contributed by atoms with E-state index < -0.39 is 0 Å². The van der Waals surface area contributed by atoms with Crippen LogP contribution in [0.15, 0.2) is 18.3 Å². The molecule has 0 bridgehead atoms. The van der Waals surface area contributed by atoms with Crippen LogP contribution in [0.4, 0.5) is 0 Å². The van der Waals surface area contributed by atoms with Crippen molar-refractivity contribution in [2.24, 2.45) is 17.8 Å². The van der Waals surface area contributed by atoms with Crippen molar-refractivity contribution in [1.29, 1.82) is 0 Å². The first-order chi connectivity index (χ1) is 8.60. The lowest BCUT2D eigenvalue weighted by atomic mass is 9.73. The first kappa shape index (κ1) is 13.8. The lowest BCUT2D eigenvalue weighted by molar-refractivity contribution is 0.179. The molecule has 1 aliphatic carbocycles. The molecule has 3 unspecified atom stereocenters. The number of nitrogens with one attached hydrogen (secondary N) is 1. The van der Waals surface area contributed by atoms with Crippen molar-refractivity contribution in [3.63, 3.8) is 0 Å². The van der Waals surface area contributed by atoms with E-state index in [1.165, 1.54) is 19.3 Å². The molecule has 1 aliphatic rings.